The van der Waals surface area contributed by atoms with Gasteiger partial charge in [0.1, 0.15) is 6.10 Å². The Morgan fingerprint density at radius 3 is 2.60 bits per heavy atom. The van der Waals surface area contributed by atoms with Gasteiger partial charge in [-0.1, -0.05) is 6.92 Å². The van der Waals surface area contributed by atoms with Crippen LogP contribution in [0.2, 0.25) is 0 Å². The molecule has 2 fully saturated rings. The molecule has 6 nitrogen and oxygen atoms in total. The van der Waals surface area contributed by atoms with Crippen molar-refractivity contribution in [2.45, 2.75) is 25.4 Å². The minimum Gasteiger partial charge on any atom is -0.626 e. The lowest BCUT2D eigenvalue weighted by Crippen LogP contribution is -2.51. The molecule has 2 aliphatic heterocycles. The normalized spacial score (nSPS) is 41.1. The number of nitrogens with one attached hydrogen (secondary N) is 1. The van der Waals surface area contributed by atoms with Gasteiger partial charge in [-0.15, -0.1) is 33.0 Å². The first-order valence-corrected chi connectivity index (χ1v) is 9.28. The first-order valence-electron chi connectivity index (χ1n) is 6.63. The zero-order chi connectivity index (χ0) is 14.8. The summed E-state index contributed by atoms with van der Waals surface area (Å²) in [5.74, 6) is 0.783. The molecule has 118 valence electrons. The van der Waals surface area contributed by atoms with Crippen molar-refractivity contribution in [1.82, 2.24) is 9.76 Å². The second kappa shape index (κ2) is 7.36. The maximum Gasteiger partial charge on any atom is 0.251 e. The van der Waals surface area contributed by atoms with E-state index in [0.29, 0.717) is 31.5 Å². The van der Waals surface area contributed by atoms with Crippen LogP contribution in [-0.4, -0.2) is 61.7 Å². The first kappa shape index (κ1) is 17.1. The van der Waals surface area contributed by atoms with Gasteiger partial charge < -0.3 is 14.4 Å². The van der Waals surface area contributed by atoms with Gasteiger partial charge in [0.2, 0.25) is 0 Å². The molecule has 0 spiro atoms. The Balaban J connectivity index is 2.08. The Kier molecular flexibility index (Phi) is 6.30. The lowest BCUT2D eigenvalue weighted by Gasteiger charge is -2.34. The lowest BCUT2D eigenvalue weighted by molar-refractivity contribution is -0.218. The second-order valence-electron chi connectivity index (χ2n) is 4.95. The molecule has 0 aromatic rings. The van der Waals surface area contributed by atoms with Crippen LogP contribution in [0.25, 0.3) is 0 Å². The third kappa shape index (κ3) is 3.40. The SMILES string of the molecule is CO[C@@H]1OC[C@H]2O[P+]([O-])(N(CCCl)CCCl)N[C@H]2[C@H]1C. The summed E-state index contributed by atoms with van der Waals surface area (Å²) in [6, 6.07) is -0.0623. The topological polar surface area (TPSA) is 66.0 Å². The van der Waals surface area contributed by atoms with Crippen molar-refractivity contribution in [1.29, 1.82) is 0 Å². The number of methoxy groups -OCH3 is 1. The van der Waals surface area contributed by atoms with E-state index in [9.17, 15) is 4.89 Å². The van der Waals surface area contributed by atoms with Crippen molar-refractivity contribution in [2.24, 2.45) is 5.92 Å². The monoisotopic (exact) mass is 346 g/mol. The zero-order valence-electron chi connectivity index (χ0n) is 11.6. The molecule has 0 aromatic heterocycles. The van der Waals surface area contributed by atoms with Gasteiger partial charge in [-0.3, -0.25) is 0 Å². The van der Waals surface area contributed by atoms with Crippen LogP contribution in [0.4, 0.5) is 0 Å². The van der Waals surface area contributed by atoms with E-state index in [1.54, 1.807) is 11.8 Å². The van der Waals surface area contributed by atoms with Gasteiger partial charge in [0, 0.05) is 24.8 Å². The molecule has 0 aliphatic carbocycles. The predicted octanol–water partition coefficient (Wildman–Crippen LogP) is 0.800. The summed E-state index contributed by atoms with van der Waals surface area (Å²) in [4.78, 5) is 13.0. The van der Waals surface area contributed by atoms with Crippen molar-refractivity contribution >= 4 is 31.2 Å². The molecule has 2 rings (SSSR count). The summed E-state index contributed by atoms with van der Waals surface area (Å²) in [7, 11) is -1.51. The van der Waals surface area contributed by atoms with Crippen LogP contribution >= 0.6 is 31.2 Å². The fourth-order valence-corrected chi connectivity index (χ4v) is 5.72. The van der Waals surface area contributed by atoms with Gasteiger partial charge in [0.25, 0.3) is 8.02 Å². The molecule has 1 unspecified atom stereocenters. The van der Waals surface area contributed by atoms with Crippen LogP contribution < -0.4 is 9.98 Å². The Hall–Kier alpha value is 0.770. The van der Waals surface area contributed by atoms with E-state index in [1.807, 2.05) is 6.92 Å². The van der Waals surface area contributed by atoms with E-state index in [4.69, 9.17) is 37.2 Å². The molecule has 2 heterocycles. The van der Waals surface area contributed by atoms with Gasteiger partial charge in [-0.2, -0.15) is 4.52 Å². The van der Waals surface area contributed by atoms with Crippen LogP contribution in [-0.2, 0) is 14.0 Å². The summed E-state index contributed by atoms with van der Waals surface area (Å²) in [5.41, 5.74) is 0. The number of hydrogen-bond acceptors (Lipinski definition) is 6. The van der Waals surface area contributed by atoms with E-state index < -0.39 is 8.02 Å². The minimum atomic E-state index is -3.11. The molecule has 2 saturated heterocycles. The zero-order valence-corrected chi connectivity index (χ0v) is 14.0. The van der Waals surface area contributed by atoms with Crippen LogP contribution in [0.3, 0.4) is 0 Å². The molecule has 0 bridgehead atoms. The summed E-state index contributed by atoms with van der Waals surface area (Å²) >= 11 is 11.5. The number of ether oxygens (including phenoxy) is 2. The number of halogens is 2. The van der Waals surface area contributed by atoms with Crippen molar-refractivity contribution in [3.8, 4) is 0 Å². The van der Waals surface area contributed by atoms with Gasteiger partial charge >= 0.3 is 0 Å². The smallest absolute Gasteiger partial charge is 0.251 e. The number of hydrogen-bond donors (Lipinski definition) is 1. The highest BCUT2D eigenvalue weighted by Crippen LogP contribution is 2.58. The van der Waals surface area contributed by atoms with Crippen molar-refractivity contribution < 1.29 is 18.9 Å². The third-order valence-corrected chi connectivity index (χ3v) is 6.37. The van der Waals surface area contributed by atoms with Gasteiger partial charge in [0.05, 0.1) is 25.7 Å². The van der Waals surface area contributed by atoms with Crippen molar-refractivity contribution in [2.75, 3.05) is 38.6 Å². The maximum atomic E-state index is 13.0. The Morgan fingerprint density at radius 1 is 1.40 bits per heavy atom. The van der Waals surface area contributed by atoms with Crippen LogP contribution in [0.15, 0.2) is 0 Å². The maximum absolute atomic E-state index is 13.0. The Morgan fingerprint density at radius 2 is 2.05 bits per heavy atom. The molecule has 0 radical (unpaired) electrons. The highest BCUT2D eigenvalue weighted by Gasteiger charge is 2.56. The number of alkyl halides is 2. The third-order valence-electron chi connectivity index (χ3n) is 3.70. The molecule has 0 aromatic carbocycles. The number of nitrogens with zero attached hydrogens (tertiary/aromatic N) is 1. The van der Waals surface area contributed by atoms with E-state index in [-0.39, 0.29) is 24.4 Å². The molecule has 20 heavy (non-hydrogen) atoms. The van der Waals surface area contributed by atoms with E-state index in [2.05, 4.69) is 5.09 Å². The average molecular weight is 347 g/mol. The molecule has 1 N–H and O–H groups in total. The fourth-order valence-electron chi connectivity index (χ4n) is 2.65. The lowest BCUT2D eigenvalue weighted by atomic mass is 9.95. The number of rotatable bonds is 6. The van der Waals surface area contributed by atoms with Crippen LogP contribution in [0, 0.1) is 5.92 Å². The first-order chi connectivity index (χ1) is 9.55. The minimum absolute atomic E-state index is 0.0448. The van der Waals surface area contributed by atoms with E-state index in [1.165, 1.54) is 0 Å². The summed E-state index contributed by atoms with van der Waals surface area (Å²) < 4.78 is 18.3. The Labute approximate surface area is 130 Å². The molecule has 0 amide bonds. The molecule has 0 saturated carbocycles. The van der Waals surface area contributed by atoms with Gasteiger partial charge in [0.15, 0.2) is 6.29 Å². The number of fused-ring (bicyclic) bond motifs is 1. The summed E-state index contributed by atoms with van der Waals surface area (Å²) in [6.45, 7) is 3.27. The standard InChI is InChI=1S/C11H21Cl2N2O4P/c1-8-10-9(7-18-11(8)17-2)19-20(16,14-10)15(5-3-12)6-4-13/h8-11H,3-7H2,1-2H3,(H,14,16)/t8-,9-,10+,11-,20?/m1/s1. The van der Waals surface area contributed by atoms with Gasteiger partial charge in [-0.05, 0) is 0 Å². The summed E-state index contributed by atoms with van der Waals surface area (Å²) in [6.07, 6.45) is -0.552. The highest BCUT2D eigenvalue weighted by molar-refractivity contribution is 7.60. The Bertz CT molecular complexity index is 325. The summed E-state index contributed by atoms with van der Waals surface area (Å²) in [5, 5.41) is 3.14. The molecular weight excluding hydrogens is 326 g/mol. The average Bonchev–Trinajstić information content (AvgIpc) is 2.78. The van der Waals surface area contributed by atoms with Crippen molar-refractivity contribution in [3.05, 3.63) is 0 Å². The highest BCUT2D eigenvalue weighted by atomic mass is 35.5. The van der Waals surface area contributed by atoms with E-state index in [0.717, 1.165) is 0 Å². The van der Waals surface area contributed by atoms with E-state index >= 15 is 0 Å². The molecular formula is C11H21Cl2N2O4P. The second-order valence-corrected chi connectivity index (χ2v) is 7.78. The quantitative estimate of drug-likeness (QED) is 0.566. The molecule has 9 heteroatoms. The largest absolute Gasteiger partial charge is 0.626 e. The molecule has 2 aliphatic rings. The predicted molar refractivity (Wildman–Crippen MR) is 77.6 cm³/mol. The van der Waals surface area contributed by atoms with Crippen molar-refractivity contribution in [3.63, 3.8) is 0 Å². The molecule has 5 atom stereocenters. The van der Waals surface area contributed by atoms with Gasteiger partial charge in [-0.25, -0.2) is 0 Å². The van der Waals surface area contributed by atoms with Crippen LogP contribution in [0.1, 0.15) is 6.92 Å². The van der Waals surface area contributed by atoms with Crippen LogP contribution in [0.5, 0.6) is 0 Å². The fraction of sp³-hybridized carbons (Fsp3) is 1.00.